The fourth-order valence-corrected chi connectivity index (χ4v) is 3.16. The Morgan fingerprint density at radius 1 is 1.25 bits per heavy atom. The Bertz CT molecular complexity index is 803. The topological polar surface area (TPSA) is 106 Å². The summed E-state index contributed by atoms with van der Waals surface area (Å²) in [5.41, 5.74) is 2.35. The van der Waals surface area contributed by atoms with Crippen LogP contribution in [-0.4, -0.2) is 43.5 Å². The number of aromatic amines is 1. The van der Waals surface area contributed by atoms with E-state index in [0.29, 0.717) is 17.5 Å². The van der Waals surface area contributed by atoms with Crippen LogP contribution < -0.4 is 5.32 Å². The summed E-state index contributed by atoms with van der Waals surface area (Å²) >= 11 is 0. The number of hydrogen-bond acceptors (Lipinski definition) is 6. The predicted molar refractivity (Wildman–Crippen MR) is 92.4 cm³/mol. The zero-order valence-corrected chi connectivity index (χ0v) is 13.1. The molecule has 2 aliphatic rings. The minimum absolute atomic E-state index is 0.0495. The Morgan fingerprint density at radius 2 is 2.08 bits per heavy atom. The van der Waals surface area contributed by atoms with Crippen LogP contribution in [0.3, 0.4) is 0 Å². The van der Waals surface area contributed by atoms with Gasteiger partial charge in [-0.15, -0.1) is 0 Å². The monoisotopic (exact) mass is 325 g/mol. The van der Waals surface area contributed by atoms with Crippen LogP contribution >= 0.6 is 0 Å². The van der Waals surface area contributed by atoms with Gasteiger partial charge in [0.25, 0.3) is 0 Å². The summed E-state index contributed by atoms with van der Waals surface area (Å²) < 4.78 is 0. The number of aromatic hydroxyl groups is 1. The molecule has 2 aromatic heterocycles. The number of imidazole rings is 1. The van der Waals surface area contributed by atoms with Crippen molar-refractivity contribution in [2.24, 2.45) is 4.99 Å². The Kier molecular flexibility index (Phi) is 3.78. The van der Waals surface area contributed by atoms with E-state index in [9.17, 15) is 10.2 Å². The Balaban J connectivity index is 1.52. The largest absolute Gasteiger partial charge is 0.492 e. The highest BCUT2D eigenvalue weighted by atomic mass is 16.3. The van der Waals surface area contributed by atoms with Crippen LogP contribution in [-0.2, 0) is 0 Å². The van der Waals surface area contributed by atoms with E-state index in [0.717, 1.165) is 36.8 Å². The van der Waals surface area contributed by atoms with Gasteiger partial charge in [-0.3, -0.25) is 0 Å². The van der Waals surface area contributed by atoms with Crippen molar-refractivity contribution < 1.29 is 10.2 Å². The van der Waals surface area contributed by atoms with Gasteiger partial charge < -0.3 is 20.5 Å². The summed E-state index contributed by atoms with van der Waals surface area (Å²) in [4.78, 5) is 15.7. The maximum Gasteiger partial charge on any atom is 0.238 e. The number of pyridine rings is 1. The summed E-state index contributed by atoms with van der Waals surface area (Å²) in [6, 6.07) is 4.07. The number of anilines is 1. The van der Waals surface area contributed by atoms with Gasteiger partial charge in [0.1, 0.15) is 5.69 Å². The average Bonchev–Trinajstić information content (AvgIpc) is 3.14. The number of H-pyrrole nitrogens is 1. The molecule has 0 unspecified atom stereocenters. The summed E-state index contributed by atoms with van der Waals surface area (Å²) in [5, 5.41) is 22.9. The molecular formula is C17H19N5O2. The maximum atomic E-state index is 10.1. The molecule has 0 aromatic carbocycles. The minimum Gasteiger partial charge on any atom is -0.492 e. The van der Waals surface area contributed by atoms with Gasteiger partial charge >= 0.3 is 0 Å². The number of hydrogen-bond donors (Lipinski definition) is 4. The molecule has 4 N–H and O–H groups in total. The molecule has 124 valence electrons. The maximum absolute atomic E-state index is 10.1. The van der Waals surface area contributed by atoms with Gasteiger partial charge in [0, 0.05) is 29.6 Å². The summed E-state index contributed by atoms with van der Waals surface area (Å²) in [7, 11) is 0. The second kappa shape index (κ2) is 6.09. The number of nitrogens with one attached hydrogen (secondary N) is 2. The van der Waals surface area contributed by atoms with Crippen LogP contribution in [0.5, 0.6) is 5.88 Å². The molecule has 4 rings (SSSR count). The Morgan fingerprint density at radius 3 is 2.92 bits per heavy atom. The van der Waals surface area contributed by atoms with E-state index < -0.39 is 0 Å². The first-order chi connectivity index (χ1) is 11.7. The lowest BCUT2D eigenvalue weighted by molar-refractivity contribution is 0.126. The number of aromatic nitrogens is 3. The minimum atomic E-state index is -0.191. The normalized spacial score (nSPS) is 24.3. The number of aliphatic hydroxyl groups is 1. The third-order valence-corrected chi connectivity index (χ3v) is 4.47. The van der Waals surface area contributed by atoms with E-state index >= 15 is 0 Å². The van der Waals surface area contributed by atoms with Gasteiger partial charge in [-0.2, -0.15) is 4.98 Å². The first-order valence-corrected chi connectivity index (χ1v) is 8.14. The van der Waals surface area contributed by atoms with Gasteiger partial charge in [-0.25, -0.2) is 9.98 Å². The van der Waals surface area contributed by atoms with E-state index in [1.807, 2.05) is 18.2 Å². The third-order valence-electron chi connectivity index (χ3n) is 4.47. The zero-order valence-electron chi connectivity index (χ0n) is 13.1. The number of rotatable bonds is 3. The smallest absolute Gasteiger partial charge is 0.238 e. The quantitative estimate of drug-likeness (QED) is 0.693. The molecule has 0 spiro atoms. The lowest BCUT2D eigenvalue weighted by Gasteiger charge is -2.25. The first-order valence-electron chi connectivity index (χ1n) is 8.14. The molecule has 0 bridgehead atoms. The van der Waals surface area contributed by atoms with Crippen molar-refractivity contribution in [1.29, 1.82) is 0 Å². The molecule has 0 atom stereocenters. The number of aliphatic hydroxyl groups excluding tert-OH is 1. The fraction of sp³-hybridized carbons (Fsp3) is 0.353. The van der Waals surface area contributed by atoms with Crippen molar-refractivity contribution >= 4 is 29.6 Å². The molecule has 3 heterocycles. The fourth-order valence-electron chi connectivity index (χ4n) is 3.16. The van der Waals surface area contributed by atoms with Crippen molar-refractivity contribution in [3.63, 3.8) is 0 Å². The van der Waals surface area contributed by atoms with Gasteiger partial charge in [0.05, 0.1) is 6.10 Å². The predicted octanol–water partition coefficient (Wildman–Crippen LogP) is 2.48. The molecule has 1 fully saturated rings. The second-order valence-corrected chi connectivity index (χ2v) is 6.20. The van der Waals surface area contributed by atoms with Crippen molar-refractivity contribution in [1.82, 2.24) is 15.0 Å². The molecule has 7 nitrogen and oxygen atoms in total. The molecule has 1 aliphatic heterocycles. The number of nitrogens with zero attached hydrogens (tertiary/aromatic N) is 3. The van der Waals surface area contributed by atoms with Crippen LogP contribution in [0.1, 0.15) is 36.9 Å². The Labute approximate surface area is 139 Å². The molecule has 7 heteroatoms. The van der Waals surface area contributed by atoms with E-state index in [2.05, 4.69) is 25.3 Å². The van der Waals surface area contributed by atoms with E-state index in [4.69, 9.17) is 0 Å². The standard InChI is InChI=1S/C17H19N5O2/c23-12-5-3-11(4-6-12)20-17-21-14(16(24)22-17)8-10-9-19-15-13(10)2-1-7-18-15/h1-2,7-9,11-12,23-24H,3-6H2,(H2,20,21,22). The number of aliphatic imine (C=N–C) groups is 1. The highest BCUT2D eigenvalue weighted by molar-refractivity contribution is 6.20. The second-order valence-electron chi connectivity index (χ2n) is 6.20. The van der Waals surface area contributed by atoms with Gasteiger partial charge in [0.2, 0.25) is 11.8 Å². The zero-order chi connectivity index (χ0) is 16.5. The van der Waals surface area contributed by atoms with Crippen LogP contribution in [0.2, 0.25) is 0 Å². The molecule has 0 saturated heterocycles. The lowest BCUT2D eigenvalue weighted by Crippen LogP contribution is -2.28. The van der Waals surface area contributed by atoms with Crippen molar-refractivity contribution in [3.05, 3.63) is 29.6 Å². The van der Waals surface area contributed by atoms with Crippen LogP contribution in [0.25, 0.3) is 11.6 Å². The lowest BCUT2D eigenvalue weighted by atomic mass is 9.93. The average molecular weight is 325 g/mol. The Hall–Kier alpha value is -2.67. The van der Waals surface area contributed by atoms with E-state index in [1.54, 1.807) is 12.4 Å². The molecule has 1 aliphatic carbocycles. The van der Waals surface area contributed by atoms with Crippen LogP contribution in [0, 0.1) is 0 Å². The summed E-state index contributed by atoms with van der Waals surface area (Å²) in [6.07, 6.45) is 8.43. The summed E-state index contributed by atoms with van der Waals surface area (Å²) in [6.45, 7) is 0. The highest BCUT2D eigenvalue weighted by Crippen LogP contribution is 2.32. The van der Waals surface area contributed by atoms with Crippen molar-refractivity contribution in [3.8, 4) is 5.88 Å². The third kappa shape index (κ3) is 2.90. The molecule has 2 aromatic rings. The summed E-state index contributed by atoms with van der Waals surface area (Å²) in [5.74, 6) is 1.18. The van der Waals surface area contributed by atoms with Crippen LogP contribution in [0.4, 0.5) is 11.8 Å². The van der Waals surface area contributed by atoms with E-state index in [-0.39, 0.29) is 18.0 Å². The molecular weight excluding hydrogens is 306 g/mol. The van der Waals surface area contributed by atoms with E-state index in [1.165, 1.54) is 0 Å². The molecule has 0 radical (unpaired) electrons. The SMILES string of the molecule is Oc1nc(NC2CCC(O)CC2)[nH]c1C=C1C=Nc2ncccc21. The van der Waals surface area contributed by atoms with Crippen LogP contribution in [0.15, 0.2) is 23.3 Å². The first kappa shape index (κ1) is 14.9. The van der Waals surface area contributed by atoms with Crippen molar-refractivity contribution in [2.45, 2.75) is 37.8 Å². The van der Waals surface area contributed by atoms with Crippen molar-refractivity contribution in [2.75, 3.05) is 5.32 Å². The van der Waals surface area contributed by atoms with Gasteiger partial charge in [-0.1, -0.05) is 0 Å². The molecule has 1 saturated carbocycles. The number of allylic oxidation sites excluding steroid dienone is 1. The van der Waals surface area contributed by atoms with Gasteiger partial charge in [-0.05, 0) is 43.9 Å². The van der Waals surface area contributed by atoms with Gasteiger partial charge in [0.15, 0.2) is 5.82 Å². The number of fused-ring (bicyclic) bond motifs is 1. The molecule has 24 heavy (non-hydrogen) atoms. The molecule has 0 amide bonds. The highest BCUT2D eigenvalue weighted by Gasteiger charge is 2.21.